The molecule has 10 nitrogen and oxygen atoms in total. The standard InChI is InChI=1S/C25H25FN4O6S2/c1-37(33)19-11-15(28-38(2,34)35)7-8-16(19)27-24(29-37)21-23(31)20-17-9-10-18(36-17)22(20)30(25(21)32)12-13-3-5-14(26)6-4-13/h3-8,11,17-18,20,22,28,31H,9-10,12H2,1-2H3. The zero-order valence-electron chi connectivity index (χ0n) is 20.5. The van der Waals surface area contributed by atoms with Crippen LogP contribution in [-0.2, 0) is 35.8 Å². The van der Waals surface area contributed by atoms with E-state index in [4.69, 9.17) is 4.74 Å². The lowest BCUT2D eigenvalue weighted by atomic mass is 9.78. The Morgan fingerprint density at radius 1 is 1.18 bits per heavy atom. The van der Waals surface area contributed by atoms with Gasteiger partial charge in [-0.25, -0.2) is 22.0 Å². The summed E-state index contributed by atoms with van der Waals surface area (Å²) < 4.78 is 63.2. The summed E-state index contributed by atoms with van der Waals surface area (Å²) in [5, 5.41) is 11.4. The van der Waals surface area contributed by atoms with Crippen molar-refractivity contribution in [2.75, 3.05) is 17.2 Å². The van der Waals surface area contributed by atoms with Crippen LogP contribution in [0.15, 0.2) is 68.0 Å². The van der Waals surface area contributed by atoms with Gasteiger partial charge in [0.2, 0.25) is 10.0 Å². The molecule has 5 unspecified atom stereocenters. The van der Waals surface area contributed by atoms with Gasteiger partial charge >= 0.3 is 0 Å². The van der Waals surface area contributed by atoms with Crippen LogP contribution in [0.4, 0.5) is 15.8 Å². The molecule has 1 amide bonds. The monoisotopic (exact) mass is 560 g/mol. The molecule has 4 heterocycles. The fourth-order valence-corrected chi connectivity index (χ4v) is 7.72. The number of fused-ring (bicyclic) bond motifs is 6. The number of aliphatic hydroxyl groups excluding tert-OH is 1. The maximum atomic E-state index is 13.9. The van der Waals surface area contributed by atoms with Gasteiger partial charge in [0.15, 0.2) is 5.84 Å². The molecule has 4 aliphatic rings. The number of nitrogens with zero attached hydrogens (tertiary/aromatic N) is 3. The van der Waals surface area contributed by atoms with Gasteiger partial charge in [0.25, 0.3) is 5.91 Å². The molecule has 4 aliphatic heterocycles. The van der Waals surface area contributed by atoms with Crippen molar-refractivity contribution in [1.29, 1.82) is 0 Å². The molecule has 5 atom stereocenters. The van der Waals surface area contributed by atoms with E-state index in [9.17, 15) is 26.9 Å². The Hall–Kier alpha value is -3.29. The lowest BCUT2D eigenvalue weighted by molar-refractivity contribution is -0.133. The molecular weight excluding hydrogens is 535 g/mol. The highest BCUT2D eigenvalue weighted by atomic mass is 32.2. The number of benzene rings is 2. The van der Waals surface area contributed by atoms with Crippen molar-refractivity contribution in [3.05, 3.63) is 65.2 Å². The van der Waals surface area contributed by atoms with Gasteiger partial charge in [-0.2, -0.15) is 4.36 Å². The van der Waals surface area contributed by atoms with Crippen LogP contribution < -0.4 is 4.72 Å². The Bertz CT molecular complexity index is 1660. The molecular formula is C25H25FN4O6S2. The third-order valence-electron chi connectivity index (χ3n) is 7.29. The van der Waals surface area contributed by atoms with Gasteiger partial charge in [0.05, 0.1) is 50.7 Å². The molecule has 2 fully saturated rings. The van der Waals surface area contributed by atoms with Crippen LogP contribution in [0.25, 0.3) is 0 Å². The summed E-state index contributed by atoms with van der Waals surface area (Å²) in [6.45, 7) is 0.162. The highest BCUT2D eigenvalue weighted by Gasteiger charge is 2.58. The Kier molecular flexibility index (Phi) is 5.67. The molecule has 6 rings (SSSR count). The number of carbonyl (C=O) groups is 1. The summed E-state index contributed by atoms with van der Waals surface area (Å²) in [4.78, 5) is 20.2. The number of hydrogen-bond acceptors (Lipinski definition) is 8. The van der Waals surface area contributed by atoms with Crippen LogP contribution in [-0.4, -0.2) is 65.1 Å². The zero-order chi connectivity index (χ0) is 27.0. The summed E-state index contributed by atoms with van der Waals surface area (Å²) in [5.74, 6) is -1.74. The van der Waals surface area contributed by atoms with Crippen molar-refractivity contribution in [2.45, 2.75) is 42.5 Å². The molecule has 0 spiro atoms. The number of ether oxygens (including phenoxy) is 1. The summed E-state index contributed by atoms with van der Waals surface area (Å²) in [7, 11) is -6.72. The minimum absolute atomic E-state index is 0.136. The van der Waals surface area contributed by atoms with E-state index < -0.39 is 37.6 Å². The third kappa shape index (κ3) is 4.18. The first kappa shape index (κ1) is 25.0. The highest BCUT2D eigenvalue weighted by Crippen LogP contribution is 2.49. The molecule has 38 heavy (non-hydrogen) atoms. The number of hydrogen-bond donors (Lipinski definition) is 2. The maximum absolute atomic E-state index is 13.9. The second-order valence-corrected chi connectivity index (χ2v) is 14.0. The van der Waals surface area contributed by atoms with Gasteiger partial charge in [-0.05, 0) is 48.7 Å². The second-order valence-electron chi connectivity index (χ2n) is 10.0. The van der Waals surface area contributed by atoms with Crippen molar-refractivity contribution in [1.82, 2.24) is 4.90 Å². The Labute approximate surface area is 219 Å². The van der Waals surface area contributed by atoms with Gasteiger partial charge in [0, 0.05) is 18.5 Å². The van der Waals surface area contributed by atoms with Gasteiger partial charge in [-0.1, -0.05) is 12.1 Å². The van der Waals surface area contributed by atoms with Crippen LogP contribution in [0.5, 0.6) is 0 Å². The van der Waals surface area contributed by atoms with E-state index >= 15 is 0 Å². The number of carbonyl (C=O) groups excluding carboxylic acids is 1. The van der Waals surface area contributed by atoms with Crippen molar-refractivity contribution in [3.8, 4) is 0 Å². The van der Waals surface area contributed by atoms with E-state index in [1.54, 1.807) is 17.0 Å². The Morgan fingerprint density at radius 2 is 1.89 bits per heavy atom. The van der Waals surface area contributed by atoms with Crippen molar-refractivity contribution in [2.24, 2.45) is 15.3 Å². The first-order valence-electron chi connectivity index (χ1n) is 12.0. The first-order valence-corrected chi connectivity index (χ1v) is 15.8. The molecule has 0 aliphatic carbocycles. The van der Waals surface area contributed by atoms with Gasteiger partial charge in [-0.3, -0.25) is 9.52 Å². The summed E-state index contributed by atoms with van der Waals surface area (Å²) in [5.41, 5.74) is 1.03. The van der Waals surface area contributed by atoms with E-state index in [0.29, 0.717) is 5.56 Å². The normalized spacial score (nSPS) is 30.0. The van der Waals surface area contributed by atoms with E-state index in [0.717, 1.165) is 19.1 Å². The second kappa shape index (κ2) is 8.61. The zero-order valence-corrected chi connectivity index (χ0v) is 22.1. The van der Waals surface area contributed by atoms with Crippen LogP contribution >= 0.6 is 0 Å². The molecule has 2 aromatic carbocycles. The number of halogens is 1. The quantitative estimate of drug-likeness (QED) is 0.577. The van der Waals surface area contributed by atoms with E-state index in [2.05, 4.69) is 14.1 Å². The average molecular weight is 561 g/mol. The molecule has 0 saturated carbocycles. The first-order chi connectivity index (χ1) is 17.9. The predicted octanol–water partition coefficient (Wildman–Crippen LogP) is 3.10. The molecule has 2 aromatic rings. The average Bonchev–Trinajstić information content (AvgIpc) is 3.45. The van der Waals surface area contributed by atoms with Crippen molar-refractivity contribution in [3.63, 3.8) is 0 Å². The fraction of sp³-hybridized carbons (Fsp3) is 0.360. The lowest BCUT2D eigenvalue weighted by Gasteiger charge is -2.41. The number of sulfonamides is 1. The number of aliphatic hydroxyl groups is 1. The summed E-state index contributed by atoms with van der Waals surface area (Å²) in [6.07, 6.45) is 3.35. The van der Waals surface area contributed by atoms with Crippen LogP contribution in [0.3, 0.4) is 0 Å². The lowest BCUT2D eigenvalue weighted by Crippen LogP contribution is -2.55. The fourth-order valence-electron chi connectivity index (χ4n) is 5.75. The number of nitrogens with one attached hydrogen (secondary N) is 1. The number of aliphatic imine (C=N–C) groups is 1. The molecule has 2 saturated heterocycles. The molecule has 2 bridgehead atoms. The smallest absolute Gasteiger partial charge is 0.261 e. The highest BCUT2D eigenvalue weighted by molar-refractivity contribution is 7.93. The van der Waals surface area contributed by atoms with Crippen LogP contribution in [0, 0.1) is 11.7 Å². The molecule has 0 radical (unpaired) electrons. The summed E-state index contributed by atoms with van der Waals surface area (Å²) in [6, 6.07) is 9.81. The minimum Gasteiger partial charge on any atom is -0.511 e. The Balaban J connectivity index is 1.44. The minimum atomic E-state index is -3.56. The van der Waals surface area contributed by atoms with E-state index in [1.165, 1.54) is 36.6 Å². The molecule has 0 aromatic heterocycles. The molecule has 2 N–H and O–H groups in total. The maximum Gasteiger partial charge on any atom is 0.261 e. The topological polar surface area (TPSA) is 138 Å². The molecule has 13 heteroatoms. The predicted molar refractivity (Wildman–Crippen MR) is 139 cm³/mol. The summed E-state index contributed by atoms with van der Waals surface area (Å²) >= 11 is 0. The molecule has 200 valence electrons. The Morgan fingerprint density at radius 3 is 2.61 bits per heavy atom. The van der Waals surface area contributed by atoms with E-state index in [-0.39, 0.29) is 58.0 Å². The number of anilines is 1. The van der Waals surface area contributed by atoms with E-state index in [1.807, 2.05) is 0 Å². The largest absolute Gasteiger partial charge is 0.511 e. The number of amidine groups is 1. The van der Waals surface area contributed by atoms with Gasteiger partial charge < -0.3 is 14.7 Å². The van der Waals surface area contributed by atoms with Gasteiger partial charge in [0.1, 0.15) is 17.1 Å². The van der Waals surface area contributed by atoms with Crippen LogP contribution in [0.1, 0.15) is 18.4 Å². The van der Waals surface area contributed by atoms with Crippen LogP contribution in [0.2, 0.25) is 0 Å². The van der Waals surface area contributed by atoms with Gasteiger partial charge in [-0.15, -0.1) is 0 Å². The van der Waals surface area contributed by atoms with Crippen molar-refractivity contribution >= 4 is 42.9 Å². The number of rotatable bonds is 5. The van der Waals surface area contributed by atoms with Crippen molar-refractivity contribution < 1.29 is 31.7 Å². The SMILES string of the molecule is CS(=O)(=O)Nc1ccc2c(c1)S(C)(=O)=NC(C1=C(O)C3C4CCC(O4)C3N(Cc3ccc(F)cc3)C1=O)=N2. The number of amides is 1. The third-order valence-corrected chi connectivity index (χ3v) is 9.56.